The fourth-order valence-electron chi connectivity index (χ4n) is 2.42. The number of ether oxygens (including phenoxy) is 1. The first-order chi connectivity index (χ1) is 12.3. The van der Waals surface area contributed by atoms with Crippen LogP contribution in [0.3, 0.4) is 0 Å². The highest BCUT2D eigenvalue weighted by Crippen LogP contribution is 2.36. The van der Waals surface area contributed by atoms with Crippen LogP contribution in [-0.4, -0.2) is 33.7 Å². The first-order valence-electron chi connectivity index (χ1n) is 8.68. The van der Waals surface area contributed by atoms with Crippen molar-refractivity contribution in [2.75, 3.05) is 13.2 Å². The van der Waals surface area contributed by atoms with Crippen LogP contribution in [-0.2, 0) is 4.74 Å². The fraction of sp³-hybridized carbons (Fsp3) is 0.381. The third kappa shape index (κ3) is 4.86. The van der Waals surface area contributed by atoms with Gasteiger partial charge in [-0.05, 0) is 52.0 Å². The number of aromatic nitrogens is 1. The van der Waals surface area contributed by atoms with Crippen molar-refractivity contribution in [3.63, 3.8) is 0 Å². The number of aliphatic hydroxyl groups excluding tert-OH is 1. The van der Waals surface area contributed by atoms with Gasteiger partial charge in [0.25, 0.3) is 0 Å². The summed E-state index contributed by atoms with van der Waals surface area (Å²) in [7, 11) is 0. The summed E-state index contributed by atoms with van der Waals surface area (Å²) in [6, 6.07) is 16.8. The monoisotopic (exact) mass is 387 g/mol. The molecule has 0 spiro atoms. The molecule has 3 nitrogen and oxygen atoms in total. The first-order valence-corrected chi connectivity index (χ1v) is 10.3. The van der Waals surface area contributed by atoms with Gasteiger partial charge in [-0.3, -0.25) is 0 Å². The largest absolute Gasteiger partial charge is 0.393 e. The molecule has 1 N–H and O–H groups in total. The van der Waals surface area contributed by atoms with E-state index >= 15 is 0 Å². The Morgan fingerprint density at radius 2 is 1.73 bits per heavy atom. The minimum absolute atomic E-state index is 0.0185. The molecule has 3 rings (SSSR count). The number of hydrogen-bond donors (Lipinski definition) is 1. The van der Waals surface area contributed by atoms with Gasteiger partial charge in [-0.15, -0.1) is 23.1 Å². The van der Waals surface area contributed by atoms with Crippen LogP contribution in [0.2, 0.25) is 0 Å². The van der Waals surface area contributed by atoms with Crippen molar-refractivity contribution >= 4 is 33.3 Å². The highest BCUT2D eigenvalue weighted by molar-refractivity contribution is 8.00. The number of benzene rings is 2. The topological polar surface area (TPSA) is 42.4 Å². The molecule has 0 radical (unpaired) electrons. The van der Waals surface area contributed by atoms with Crippen molar-refractivity contribution in [1.29, 1.82) is 0 Å². The second kappa shape index (κ2) is 7.69. The molecule has 0 saturated heterocycles. The van der Waals surface area contributed by atoms with Crippen LogP contribution in [0.25, 0.3) is 20.8 Å². The Morgan fingerprint density at radius 1 is 1.04 bits per heavy atom. The molecule has 138 valence electrons. The van der Waals surface area contributed by atoms with Gasteiger partial charge >= 0.3 is 0 Å². The second-order valence-corrected chi connectivity index (χ2v) is 10.4. The molecular weight excluding hydrogens is 362 g/mol. The van der Waals surface area contributed by atoms with E-state index in [9.17, 15) is 5.11 Å². The van der Waals surface area contributed by atoms with E-state index in [2.05, 4.69) is 50.2 Å². The molecule has 0 aliphatic carbocycles. The molecule has 3 aromatic rings. The van der Waals surface area contributed by atoms with Crippen LogP contribution in [0.5, 0.6) is 0 Å². The minimum Gasteiger partial charge on any atom is -0.393 e. The zero-order valence-corrected chi connectivity index (χ0v) is 17.3. The molecule has 0 atom stereocenters. The third-order valence-corrected chi connectivity index (χ3v) is 6.24. The van der Waals surface area contributed by atoms with E-state index in [1.807, 2.05) is 26.0 Å². The van der Waals surface area contributed by atoms with Gasteiger partial charge in [0, 0.05) is 15.2 Å². The first kappa shape index (κ1) is 19.4. The predicted octanol–water partition coefficient (Wildman–Crippen LogP) is 5.62. The molecule has 2 aromatic carbocycles. The maximum absolute atomic E-state index is 9.34. The van der Waals surface area contributed by atoms with Gasteiger partial charge in [-0.2, -0.15) is 0 Å². The van der Waals surface area contributed by atoms with E-state index < -0.39 is 5.60 Å². The van der Waals surface area contributed by atoms with E-state index in [4.69, 9.17) is 9.72 Å². The van der Waals surface area contributed by atoms with Gasteiger partial charge in [0.2, 0.25) is 0 Å². The average Bonchev–Trinajstić information content (AvgIpc) is 3.05. The normalized spacial score (nSPS) is 12.7. The summed E-state index contributed by atoms with van der Waals surface area (Å²) in [6.45, 7) is 8.72. The highest BCUT2D eigenvalue weighted by atomic mass is 32.2. The minimum atomic E-state index is -0.505. The number of para-hydroxylation sites is 1. The standard InChI is InChI=1S/C21H25NO2S2/c1-20(2,13-23)24-14-21(3,4)26-16-11-9-15(10-12-16)19-22-17-7-5-6-8-18(17)25-19/h5-12,23H,13-14H2,1-4H3. The van der Waals surface area contributed by atoms with Gasteiger partial charge < -0.3 is 9.84 Å². The number of hydrogen-bond acceptors (Lipinski definition) is 5. The maximum Gasteiger partial charge on any atom is 0.124 e. The number of fused-ring (bicyclic) bond motifs is 1. The second-order valence-electron chi connectivity index (χ2n) is 7.58. The lowest BCUT2D eigenvalue weighted by Crippen LogP contribution is -2.35. The van der Waals surface area contributed by atoms with Crippen molar-refractivity contribution in [1.82, 2.24) is 4.98 Å². The average molecular weight is 388 g/mol. The SMILES string of the molecule is CC(C)(CO)OCC(C)(C)Sc1ccc(-c2nc3ccccc3s2)cc1. The summed E-state index contributed by atoms with van der Waals surface area (Å²) in [5, 5.41) is 10.4. The van der Waals surface area contributed by atoms with Gasteiger partial charge in [0.05, 0.1) is 29.0 Å². The quantitative estimate of drug-likeness (QED) is 0.534. The van der Waals surface area contributed by atoms with E-state index in [0.717, 1.165) is 16.1 Å². The van der Waals surface area contributed by atoms with Crippen LogP contribution < -0.4 is 0 Å². The fourth-order valence-corrected chi connectivity index (χ4v) is 4.42. The van der Waals surface area contributed by atoms with E-state index in [-0.39, 0.29) is 11.4 Å². The third-order valence-electron chi connectivity index (χ3n) is 3.98. The molecule has 0 aliphatic rings. The smallest absolute Gasteiger partial charge is 0.124 e. The Morgan fingerprint density at radius 3 is 2.38 bits per heavy atom. The van der Waals surface area contributed by atoms with Crippen LogP contribution in [0.4, 0.5) is 0 Å². The number of aliphatic hydroxyl groups is 1. The Balaban J connectivity index is 1.69. The van der Waals surface area contributed by atoms with Crippen molar-refractivity contribution < 1.29 is 9.84 Å². The lowest BCUT2D eigenvalue weighted by Gasteiger charge is -2.30. The Hall–Kier alpha value is -1.40. The summed E-state index contributed by atoms with van der Waals surface area (Å²) in [6.07, 6.45) is 0. The van der Waals surface area contributed by atoms with Gasteiger partial charge in [-0.1, -0.05) is 24.3 Å². The molecule has 0 unspecified atom stereocenters. The van der Waals surface area contributed by atoms with Crippen LogP contribution in [0, 0.1) is 0 Å². The summed E-state index contributed by atoms with van der Waals surface area (Å²) < 4.78 is 7.00. The predicted molar refractivity (Wildman–Crippen MR) is 112 cm³/mol. The van der Waals surface area contributed by atoms with Crippen LogP contribution in [0.15, 0.2) is 53.4 Å². The number of rotatable bonds is 7. The Labute approximate surface area is 163 Å². The zero-order chi connectivity index (χ0) is 18.8. The lowest BCUT2D eigenvalue weighted by molar-refractivity contribution is -0.0591. The molecule has 0 aliphatic heterocycles. The van der Waals surface area contributed by atoms with Gasteiger partial charge in [0.15, 0.2) is 0 Å². The summed E-state index contributed by atoms with van der Waals surface area (Å²) in [5.41, 5.74) is 1.69. The van der Waals surface area contributed by atoms with Gasteiger partial charge in [0.1, 0.15) is 5.01 Å². The molecular formula is C21H25NO2S2. The van der Waals surface area contributed by atoms with Gasteiger partial charge in [-0.25, -0.2) is 4.98 Å². The highest BCUT2D eigenvalue weighted by Gasteiger charge is 2.25. The van der Waals surface area contributed by atoms with E-state index in [1.165, 1.54) is 9.60 Å². The van der Waals surface area contributed by atoms with Crippen molar-refractivity contribution in [3.05, 3.63) is 48.5 Å². The summed E-state index contributed by atoms with van der Waals surface area (Å²) in [4.78, 5) is 5.92. The molecule has 0 fully saturated rings. The van der Waals surface area contributed by atoms with Crippen LogP contribution >= 0.6 is 23.1 Å². The molecule has 0 saturated carbocycles. The number of nitrogens with zero attached hydrogens (tertiary/aromatic N) is 1. The maximum atomic E-state index is 9.34. The lowest BCUT2D eigenvalue weighted by atomic mass is 10.1. The summed E-state index contributed by atoms with van der Waals surface area (Å²) >= 11 is 3.50. The Bertz CT molecular complexity index is 836. The summed E-state index contributed by atoms with van der Waals surface area (Å²) in [5.74, 6) is 0. The van der Waals surface area contributed by atoms with Crippen LogP contribution in [0.1, 0.15) is 27.7 Å². The van der Waals surface area contributed by atoms with Crippen molar-refractivity contribution in [2.24, 2.45) is 0 Å². The van der Waals surface area contributed by atoms with E-state index in [1.54, 1.807) is 23.1 Å². The Kier molecular flexibility index (Phi) is 5.72. The molecule has 0 bridgehead atoms. The number of thioether (sulfide) groups is 1. The molecule has 1 aromatic heterocycles. The van der Waals surface area contributed by atoms with Crippen molar-refractivity contribution in [2.45, 2.75) is 42.9 Å². The van der Waals surface area contributed by atoms with Crippen molar-refractivity contribution in [3.8, 4) is 10.6 Å². The molecule has 1 heterocycles. The molecule has 26 heavy (non-hydrogen) atoms. The zero-order valence-electron chi connectivity index (χ0n) is 15.7. The molecule has 5 heteroatoms. The number of thiazole rings is 1. The molecule has 0 amide bonds. The van der Waals surface area contributed by atoms with E-state index in [0.29, 0.717) is 6.61 Å².